The van der Waals surface area contributed by atoms with Gasteiger partial charge in [-0.1, -0.05) is 0 Å². The Labute approximate surface area is 94.0 Å². The lowest BCUT2D eigenvalue weighted by atomic mass is 10.2. The number of nitrogens with zero attached hydrogens (tertiary/aromatic N) is 3. The summed E-state index contributed by atoms with van der Waals surface area (Å²) in [6.07, 6.45) is 0. The molecule has 1 aromatic rings. The molecule has 1 rings (SSSR count). The lowest BCUT2D eigenvalue weighted by Gasteiger charge is -2.20. The van der Waals surface area contributed by atoms with E-state index in [0.717, 1.165) is 0 Å². The molecule has 2 amide bonds. The predicted molar refractivity (Wildman–Crippen MR) is 57.8 cm³/mol. The SMILES string of the molecule is CC(C)N(C)C(=O)c1[c]c(C(N)=O)nn1C. The summed E-state index contributed by atoms with van der Waals surface area (Å²) in [5.41, 5.74) is 5.26. The fourth-order valence-electron chi connectivity index (χ4n) is 1.12. The Kier molecular flexibility index (Phi) is 3.31. The second-order valence-corrected chi connectivity index (χ2v) is 3.82. The maximum absolute atomic E-state index is 11.9. The van der Waals surface area contributed by atoms with Gasteiger partial charge in [-0.2, -0.15) is 5.10 Å². The van der Waals surface area contributed by atoms with E-state index in [4.69, 9.17) is 5.73 Å². The van der Waals surface area contributed by atoms with Gasteiger partial charge < -0.3 is 10.6 Å². The molecule has 87 valence electrons. The summed E-state index contributed by atoms with van der Waals surface area (Å²) in [6, 6.07) is 2.67. The third-order valence-electron chi connectivity index (χ3n) is 2.34. The zero-order valence-corrected chi connectivity index (χ0v) is 9.81. The van der Waals surface area contributed by atoms with Crippen molar-refractivity contribution in [3.8, 4) is 0 Å². The topological polar surface area (TPSA) is 81.2 Å². The van der Waals surface area contributed by atoms with Crippen molar-refractivity contribution in [2.24, 2.45) is 12.8 Å². The molecule has 6 nitrogen and oxygen atoms in total. The van der Waals surface area contributed by atoms with Gasteiger partial charge in [0.15, 0.2) is 5.69 Å². The molecule has 0 spiro atoms. The molecule has 1 radical (unpaired) electrons. The first-order valence-electron chi connectivity index (χ1n) is 4.88. The second kappa shape index (κ2) is 4.34. The predicted octanol–water partition coefficient (Wildman–Crippen LogP) is -0.200. The van der Waals surface area contributed by atoms with Crippen molar-refractivity contribution < 1.29 is 9.59 Å². The molecular formula is C10H15N4O2. The second-order valence-electron chi connectivity index (χ2n) is 3.82. The van der Waals surface area contributed by atoms with E-state index in [9.17, 15) is 9.59 Å². The van der Waals surface area contributed by atoms with Crippen LogP contribution in [0.3, 0.4) is 0 Å². The van der Waals surface area contributed by atoms with E-state index in [1.165, 1.54) is 9.58 Å². The van der Waals surface area contributed by atoms with Crippen LogP contribution < -0.4 is 5.73 Å². The molecule has 0 unspecified atom stereocenters. The quantitative estimate of drug-likeness (QED) is 0.770. The lowest BCUT2D eigenvalue weighted by Crippen LogP contribution is -2.34. The van der Waals surface area contributed by atoms with Crippen LogP contribution in [-0.2, 0) is 7.05 Å². The van der Waals surface area contributed by atoms with E-state index >= 15 is 0 Å². The van der Waals surface area contributed by atoms with Crippen LogP contribution in [0.5, 0.6) is 0 Å². The minimum Gasteiger partial charge on any atom is -0.364 e. The van der Waals surface area contributed by atoms with E-state index in [2.05, 4.69) is 11.2 Å². The number of carbonyl (C=O) groups excluding carboxylic acids is 2. The third-order valence-corrected chi connectivity index (χ3v) is 2.34. The average Bonchev–Trinajstić information content (AvgIpc) is 2.58. The first-order chi connectivity index (χ1) is 7.34. The minimum atomic E-state index is -0.693. The zero-order valence-electron chi connectivity index (χ0n) is 9.81. The number of hydrogen-bond acceptors (Lipinski definition) is 3. The highest BCUT2D eigenvalue weighted by atomic mass is 16.2. The Bertz CT molecular complexity index is 422. The van der Waals surface area contributed by atoms with Gasteiger partial charge in [0, 0.05) is 20.1 Å². The van der Waals surface area contributed by atoms with Crippen LogP contribution in [0.2, 0.25) is 0 Å². The molecule has 2 N–H and O–H groups in total. The molecule has 0 aliphatic carbocycles. The molecule has 1 aromatic heterocycles. The van der Waals surface area contributed by atoms with Crippen LogP contribution in [0.4, 0.5) is 0 Å². The number of carbonyl (C=O) groups is 2. The monoisotopic (exact) mass is 223 g/mol. The van der Waals surface area contributed by atoms with E-state index in [1.54, 1.807) is 14.1 Å². The summed E-state index contributed by atoms with van der Waals surface area (Å²) in [6.45, 7) is 3.78. The number of amides is 2. The fourth-order valence-corrected chi connectivity index (χ4v) is 1.12. The highest BCUT2D eigenvalue weighted by molar-refractivity contribution is 5.96. The first-order valence-corrected chi connectivity index (χ1v) is 4.88. The van der Waals surface area contributed by atoms with Crippen molar-refractivity contribution in [2.75, 3.05) is 7.05 Å². The van der Waals surface area contributed by atoms with Gasteiger partial charge in [-0.25, -0.2) is 0 Å². The first kappa shape index (κ1) is 12.2. The molecule has 0 aromatic carbocycles. The van der Waals surface area contributed by atoms with Gasteiger partial charge in [-0.3, -0.25) is 14.3 Å². The maximum atomic E-state index is 11.9. The van der Waals surface area contributed by atoms with Gasteiger partial charge in [0.05, 0.1) is 6.07 Å². The summed E-state index contributed by atoms with van der Waals surface area (Å²) >= 11 is 0. The smallest absolute Gasteiger partial charge is 0.272 e. The van der Waals surface area contributed by atoms with E-state index < -0.39 is 5.91 Å². The molecule has 1 heterocycles. The summed E-state index contributed by atoms with van der Waals surface area (Å²) in [4.78, 5) is 24.3. The number of rotatable bonds is 3. The van der Waals surface area contributed by atoms with Gasteiger partial charge in [0.1, 0.15) is 5.69 Å². The number of nitrogens with two attached hydrogens (primary N) is 1. The number of aromatic nitrogens is 2. The van der Waals surface area contributed by atoms with Crippen LogP contribution in [0.25, 0.3) is 0 Å². The summed E-state index contributed by atoms with van der Waals surface area (Å²) < 4.78 is 1.31. The van der Waals surface area contributed by atoms with Crippen molar-refractivity contribution >= 4 is 11.8 Å². The fraction of sp³-hybridized carbons (Fsp3) is 0.500. The third kappa shape index (κ3) is 2.21. The Morgan fingerprint density at radius 1 is 1.50 bits per heavy atom. The van der Waals surface area contributed by atoms with E-state index in [-0.39, 0.29) is 23.3 Å². The molecule has 0 aliphatic rings. The van der Waals surface area contributed by atoms with Crippen molar-refractivity contribution in [2.45, 2.75) is 19.9 Å². The molecule has 6 heteroatoms. The van der Waals surface area contributed by atoms with Crippen LogP contribution in [-0.4, -0.2) is 39.6 Å². The maximum Gasteiger partial charge on any atom is 0.272 e. The highest BCUT2D eigenvalue weighted by Crippen LogP contribution is 2.07. The molecular weight excluding hydrogens is 208 g/mol. The molecule has 0 saturated heterocycles. The molecule has 0 bridgehead atoms. The standard InChI is InChI=1S/C10H15N4O2/c1-6(2)13(3)10(16)8-5-7(9(11)15)12-14(8)4/h6H,1-4H3,(H2,11,15). The molecule has 0 saturated carbocycles. The molecule has 16 heavy (non-hydrogen) atoms. The highest BCUT2D eigenvalue weighted by Gasteiger charge is 2.21. The normalized spacial score (nSPS) is 10.6. The Morgan fingerprint density at radius 3 is 2.44 bits per heavy atom. The summed E-state index contributed by atoms with van der Waals surface area (Å²) in [7, 11) is 3.25. The molecule has 0 fully saturated rings. The zero-order chi connectivity index (χ0) is 12.5. The van der Waals surface area contributed by atoms with Crippen LogP contribution in [0, 0.1) is 6.07 Å². The summed E-state index contributed by atoms with van der Waals surface area (Å²) in [5.74, 6) is -0.931. The Hall–Kier alpha value is -1.85. The van der Waals surface area contributed by atoms with Crippen LogP contribution in [0.1, 0.15) is 34.8 Å². The van der Waals surface area contributed by atoms with Crippen molar-refractivity contribution in [1.29, 1.82) is 0 Å². The molecule has 0 atom stereocenters. The molecule has 0 aliphatic heterocycles. The van der Waals surface area contributed by atoms with E-state index in [1.807, 2.05) is 13.8 Å². The number of aryl methyl sites for hydroxylation is 1. The van der Waals surface area contributed by atoms with Crippen LogP contribution >= 0.6 is 0 Å². The van der Waals surface area contributed by atoms with Gasteiger partial charge in [-0.15, -0.1) is 0 Å². The van der Waals surface area contributed by atoms with Gasteiger partial charge in [-0.05, 0) is 13.8 Å². The van der Waals surface area contributed by atoms with Gasteiger partial charge in [0.25, 0.3) is 11.8 Å². The largest absolute Gasteiger partial charge is 0.364 e. The number of hydrogen-bond donors (Lipinski definition) is 1. The van der Waals surface area contributed by atoms with Crippen LogP contribution in [0.15, 0.2) is 0 Å². The van der Waals surface area contributed by atoms with Crippen molar-refractivity contribution in [3.05, 3.63) is 17.5 Å². The lowest BCUT2D eigenvalue weighted by molar-refractivity contribution is 0.0743. The van der Waals surface area contributed by atoms with E-state index in [0.29, 0.717) is 0 Å². The van der Waals surface area contributed by atoms with Crippen molar-refractivity contribution in [1.82, 2.24) is 14.7 Å². The Morgan fingerprint density at radius 2 is 2.06 bits per heavy atom. The Balaban J connectivity index is 3.05. The van der Waals surface area contributed by atoms with Gasteiger partial charge >= 0.3 is 0 Å². The average molecular weight is 223 g/mol. The minimum absolute atomic E-state index is 0.0250. The summed E-state index contributed by atoms with van der Waals surface area (Å²) in [5, 5.41) is 3.81. The number of primary amides is 1. The van der Waals surface area contributed by atoms with Gasteiger partial charge in [0.2, 0.25) is 0 Å². The van der Waals surface area contributed by atoms with Crippen molar-refractivity contribution in [3.63, 3.8) is 0 Å².